The summed E-state index contributed by atoms with van der Waals surface area (Å²) in [5.74, 6) is 0.405. The lowest BCUT2D eigenvalue weighted by molar-refractivity contribution is 0.1000. The van der Waals surface area contributed by atoms with Gasteiger partial charge in [0.15, 0.2) is 0 Å². The monoisotopic (exact) mass is 270 g/mol. The first-order valence-corrected chi connectivity index (χ1v) is 6.55. The number of anilines is 1. The summed E-state index contributed by atoms with van der Waals surface area (Å²) in [6.45, 7) is 3.17. The number of nitrogens with two attached hydrogens (primary N) is 1. The van der Waals surface area contributed by atoms with Crippen LogP contribution in [0.5, 0.6) is 5.75 Å². The largest absolute Gasteiger partial charge is 0.492 e. The van der Waals surface area contributed by atoms with Gasteiger partial charge in [0, 0.05) is 12.1 Å². The highest BCUT2D eigenvalue weighted by molar-refractivity contribution is 5.92. The second-order valence-electron chi connectivity index (χ2n) is 4.35. The molecule has 4 heteroatoms. The number of rotatable bonds is 6. The van der Waals surface area contributed by atoms with Gasteiger partial charge in [-0.25, -0.2) is 0 Å². The first-order valence-electron chi connectivity index (χ1n) is 6.55. The Morgan fingerprint density at radius 1 is 1.20 bits per heavy atom. The molecule has 0 spiro atoms. The van der Waals surface area contributed by atoms with Crippen LogP contribution in [0, 0.1) is 0 Å². The number of hydrogen-bond acceptors (Lipinski definition) is 3. The molecule has 2 aromatic rings. The van der Waals surface area contributed by atoms with Crippen molar-refractivity contribution < 1.29 is 9.53 Å². The molecule has 2 aromatic carbocycles. The molecule has 0 heterocycles. The van der Waals surface area contributed by atoms with Crippen molar-refractivity contribution in [3.63, 3.8) is 0 Å². The molecule has 0 fully saturated rings. The van der Waals surface area contributed by atoms with E-state index in [2.05, 4.69) is 5.32 Å². The predicted molar refractivity (Wildman–Crippen MR) is 79.9 cm³/mol. The van der Waals surface area contributed by atoms with E-state index >= 15 is 0 Å². The maximum Gasteiger partial charge on any atom is 0.248 e. The van der Waals surface area contributed by atoms with Crippen molar-refractivity contribution >= 4 is 11.6 Å². The number of para-hydroxylation sites is 2. The van der Waals surface area contributed by atoms with E-state index in [1.54, 1.807) is 12.1 Å². The van der Waals surface area contributed by atoms with E-state index in [1.165, 1.54) is 0 Å². The van der Waals surface area contributed by atoms with E-state index in [-0.39, 0.29) is 0 Å². The number of hydrogen-bond donors (Lipinski definition) is 2. The van der Waals surface area contributed by atoms with Crippen LogP contribution in [0.3, 0.4) is 0 Å². The number of ether oxygens (including phenoxy) is 1. The maximum absolute atomic E-state index is 11.1. The van der Waals surface area contributed by atoms with E-state index in [0.717, 1.165) is 17.0 Å². The summed E-state index contributed by atoms with van der Waals surface area (Å²) in [7, 11) is 0. The Morgan fingerprint density at radius 2 is 2.00 bits per heavy atom. The third-order valence-corrected chi connectivity index (χ3v) is 2.88. The highest BCUT2D eigenvalue weighted by Crippen LogP contribution is 2.24. The first-order chi connectivity index (χ1) is 9.70. The van der Waals surface area contributed by atoms with E-state index in [0.29, 0.717) is 18.7 Å². The fourth-order valence-corrected chi connectivity index (χ4v) is 1.93. The van der Waals surface area contributed by atoms with Gasteiger partial charge >= 0.3 is 0 Å². The molecule has 0 unspecified atom stereocenters. The lowest BCUT2D eigenvalue weighted by Crippen LogP contribution is -2.11. The van der Waals surface area contributed by atoms with Crippen LogP contribution in [0.25, 0.3) is 0 Å². The number of benzene rings is 2. The van der Waals surface area contributed by atoms with E-state index in [1.807, 2.05) is 43.3 Å². The van der Waals surface area contributed by atoms with Crippen LogP contribution < -0.4 is 15.8 Å². The van der Waals surface area contributed by atoms with Gasteiger partial charge in [0.05, 0.1) is 12.3 Å². The molecular weight excluding hydrogens is 252 g/mol. The quantitative estimate of drug-likeness (QED) is 0.848. The fraction of sp³-hybridized carbons (Fsp3) is 0.188. The molecule has 0 aliphatic carbocycles. The molecule has 0 bridgehead atoms. The van der Waals surface area contributed by atoms with E-state index < -0.39 is 5.91 Å². The van der Waals surface area contributed by atoms with Crippen LogP contribution in [0.4, 0.5) is 5.69 Å². The molecule has 2 rings (SSSR count). The fourth-order valence-electron chi connectivity index (χ4n) is 1.93. The number of carbonyl (C=O) groups is 1. The van der Waals surface area contributed by atoms with Gasteiger partial charge in [0.25, 0.3) is 0 Å². The lowest BCUT2D eigenvalue weighted by Gasteiger charge is -2.12. The Morgan fingerprint density at radius 3 is 2.75 bits per heavy atom. The molecule has 4 nitrogen and oxygen atoms in total. The molecule has 0 radical (unpaired) electrons. The Labute approximate surface area is 118 Å². The molecule has 1 amide bonds. The minimum absolute atomic E-state index is 0.415. The van der Waals surface area contributed by atoms with Crippen molar-refractivity contribution in [1.29, 1.82) is 0 Å². The SMILES string of the molecule is CCOc1ccccc1NCc1cccc(C(N)=O)c1. The second-order valence-corrected chi connectivity index (χ2v) is 4.35. The molecular formula is C16H18N2O2. The predicted octanol–water partition coefficient (Wildman–Crippen LogP) is 2.80. The summed E-state index contributed by atoms with van der Waals surface area (Å²) in [5.41, 5.74) is 7.71. The van der Waals surface area contributed by atoms with Crippen molar-refractivity contribution in [2.75, 3.05) is 11.9 Å². The minimum atomic E-state index is -0.415. The van der Waals surface area contributed by atoms with Gasteiger partial charge < -0.3 is 15.8 Å². The maximum atomic E-state index is 11.1. The topological polar surface area (TPSA) is 64.3 Å². The van der Waals surface area contributed by atoms with Gasteiger partial charge in [-0.2, -0.15) is 0 Å². The number of carbonyl (C=O) groups excluding carboxylic acids is 1. The molecule has 0 saturated heterocycles. The van der Waals surface area contributed by atoms with Crippen molar-refractivity contribution in [2.24, 2.45) is 5.73 Å². The van der Waals surface area contributed by atoms with Crippen molar-refractivity contribution in [3.8, 4) is 5.75 Å². The highest BCUT2D eigenvalue weighted by atomic mass is 16.5. The highest BCUT2D eigenvalue weighted by Gasteiger charge is 2.04. The van der Waals surface area contributed by atoms with Crippen LogP contribution in [0.1, 0.15) is 22.8 Å². The second kappa shape index (κ2) is 6.61. The summed E-state index contributed by atoms with van der Waals surface area (Å²) in [6, 6.07) is 15.0. The normalized spacial score (nSPS) is 10.1. The Hall–Kier alpha value is -2.49. The third kappa shape index (κ3) is 3.51. The van der Waals surface area contributed by atoms with Gasteiger partial charge in [-0.05, 0) is 36.8 Å². The molecule has 104 valence electrons. The number of nitrogens with one attached hydrogen (secondary N) is 1. The molecule has 20 heavy (non-hydrogen) atoms. The van der Waals surface area contributed by atoms with Crippen molar-refractivity contribution in [3.05, 3.63) is 59.7 Å². The Kier molecular flexibility index (Phi) is 4.60. The summed E-state index contributed by atoms with van der Waals surface area (Å²) in [5, 5.41) is 3.30. The van der Waals surface area contributed by atoms with Gasteiger partial charge in [0.1, 0.15) is 5.75 Å². The van der Waals surface area contributed by atoms with Crippen molar-refractivity contribution in [2.45, 2.75) is 13.5 Å². The molecule has 0 aliphatic rings. The molecule has 0 aromatic heterocycles. The number of amides is 1. The van der Waals surface area contributed by atoms with Gasteiger partial charge in [-0.15, -0.1) is 0 Å². The zero-order chi connectivity index (χ0) is 14.4. The average Bonchev–Trinajstić information content (AvgIpc) is 2.47. The molecule has 0 saturated carbocycles. The minimum Gasteiger partial charge on any atom is -0.492 e. The Balaban J connectivity index is 2.09. The lowest BCUT2D eigenvalue weighted by atomic mass is 10.1. The Bertz CT molecular complexity index is 597. The smallest absolute Gasteiger partial charge is 0.248 e. The summed E-state index contributed by atoms with van der Waals surface area (Å²) >= 11 is 0. The van der Waals surface area contributed by atoms with E-state index in [4.69, 9.17) is 10.5 Å². The summed E-state index contributed by atoms with van der Waals surface area (Å²) < 4.78 is 5.55. The van der Waals surface area contributed by atoms with Gasteiger partial charge in [-0.1, -0.05) is 24.3 Å². The molecule has 3 N–H and O–H groups in total. The van der Waals surface area contributed by atoms with Crippen LogP contribution in [-0.2, 0) is 6.54 Å². The zero-order valence-corrected chi connectivity index (χ0v) is 11.4. The van der Waals surface area contributed by atoms with Crippen LogP contribution in [0.15, 0.2) is 48.5 Å². The average molecular weight is 270 g/mol. The van der Waals surface area contributed by atoms with Gasteiger partial charge in [-0.3, -0.25) is 4.79 Å². The summed E-state index contributed by atoms with van der Waals surface area (Å²) in [4.78, 5) is 11.1. The third-order valence-electron chi connectivity index (χ3n) is 2.88. The van der Waals surface area contributed by atoms with Crippen LogP contribution in [0.2, 0.25) is 0 Å². The van der Waals surface area contributed by atoms with Crippen LogP contribution >= 0.6 is 0 Å². The summed E-state index contributed by atoms with van der Waals surface area (Å²) in [6.07, 6.45) is 0. The first kappa shape index (κ1) is 13.9. The van der Waals surface area contributed by atoms with Gasteiger partial charge in [0.2, 0.25) is 5.91 Å². The standard InChI is InChI=1S/C16H18N2O2/c1-2-20-15-9-4-3-8-14(15)18-11-12-6-5-7-13(10-12)16(17)19/h3-10,18H,2,11H2,1H3,(H2,17,19). The van der Waals surface area contributed by atoms with Crippen LogP contribution in [-0.4, -0.2) is 12.5 Å². The van der Waals surface area contributed by atoms with E-state index in [9.17, 15) is 4.79 Å². The molecule has 0 atom stereocenters. The zero-order valence-electron chi connectivity index (χ0n) is 11.4. The molecule has 0 aliphatic heterocycles. The van der Waals surface area contributed by atoms with Crippen molar-refractivity contribution in [1.82, 2.24) is 0 Å². The number of primary amides is 1.